The Morgan fingerprint density at radius 1 is 0.887 bits per heavy atom. The first-order chi connectivity index (χ1) is 24.5. The van der Waals surface area contributed by atoms with Crippen LogP contribution in [-0.4, -0.2) is 10.8 Å². The van der Waals surface area contributed by atoms with Crippen molar-refractivity contribution in [1.29, 1.82) is 0 Å². The van der Waals surface area contributed by atoms with Gasteiger partial charge in [0.2, 0.25) is 0 Å². The molecule has 1 aromatic heterocycles. The summed E-state index contributed by atoms with van der Waals surface area (Å²) in [5, 5.41) is 0. The average Bonchev–Trinajstić information content (AvgIpc) is 3.13. The highest BCUT2D eigenvalue weighted by atomic mass is 16.1. The summed E-state index contributed by atoms with van der Waals surface area (Å²) in [5.41, 5.74) is 10.3. The monoisotopic (exact) mass is 736 g/mol. The van der Waals surface area contributed by atoms with Gasteiger partial charge >= 0.3 is 0 Å². The zero-order chi connectivity index (χ0) is 41.4. The highest BCUT2D eigenvalue weighted by Gasteiger charge is 2.29. The molecule has 0 saturated carbocycles. The van der Waals surface area contributed by atoms with Crippen molar-refractivity contribution < 1.29 is 4.79 Å². The maximum Gasteiger partial charge on any atom is 0.154 e. The van der Waals surface area contributed by atoms with Crippen molar-refractivity contribution >= 4 is 11.4 Å². The van der Waals surface area contributed by atoms with E-state index in [0.29, 0.717) is 16.9 Å². The Labute approximate surface area is 334 Å². The molecule has 0 amide bonds. The van der Waals surface area contributed by atoms with Crippen LogP contribution >= 0.6 is 0 Å². The van der Waals surface area contributed by atoms with Crippen molar-refractivity contribution in [1.82, 2.24) is 4.98 Å². The number of aryl methyl sites for hydroxylation is 3. The van der Waals surface area contributed by atoms with Crippen LogP contribution < -0.4 is 0 Å². The summed E-state index contributed by atoms with van der Waals surface area (Å²) in [4.78, 5) is 14.8. The lowest BCUT2D eigenvalue weighted by atomic mass is 9.71. The molecular formula is C51H93NO. The molecule has 0 saturated heterocycles. The normalized spacial score (nSPS) is 13.1. The molecule has 1 aliphatic rings. The lowest BCUT2D eigenvalue weighted by Crippen LogP contribution is -2.27. The molecule has 0 aliphatic heterocycles. The minimum atomic E-state index is 0. The Bertz CT molecular complexity index is 1190. The molecule has 0 fully saturated rings. The van der Waals surface area contributed by atoms with Crippen molar-refractivity contribution in [2.75, 3.05) is 0 Å². The van der Waals surface area contributed by atoms with E-state index in [-0.39, 0.29) is 13.2 Å². The van der Waals surface area contributed by atoms with E-state index in [1.54, 1.807) is 6.92 Å². The van der Waals surface area contributed by atoms with Crippen LogP contribution in [0.1, 0.15) is 210 Å². The minimum Gasteiger partial charge on any atom is -0.295 e. The maximum atomic E-state index is 10.0. The number of Topliss-reactive ketones (excluding diaryl/α,β-unsaturated/α-hetero) is 1. The van der Waals surface area contributed by atoms with Gasteiger partial charge in [0.1, 0.15) is 0 Å². The second kappa shape index (κ2) is 36.2. The van der Waals surface area contributed by atoms with Gasteiger partial charge in [-0.25, -0.2) is 0 Å². The van der Waals surface area contributed by atoms with Crippen LogP contribution in [0, 0.1) is 31.1 Å². The first-order valence-electron chi connectivity index (χ1n) is 21.1. The number of hydrogen-bond acceptors (Lipinski definition) is 2. The van der Waals surface area contributed by atoms with Crippen molar-refractivity contribution in [3.63, 3.8) is 0 Å². The molecule has 1 unspecified atom stereocenters. The molecule has 1 aliphatic carbocycles. The molecule has 3 rings (SSSR count). The molecule has 0 spiro atoms. The van der Waals surface area contributed by atoms with Gasteiger partial charge < -0.3 is 0 Å². The Kier molecular flexibility index (Phi) is 40.7. The molecule has 2 atom stereocenters. The van der Waals surface area contributed by atoms with Crippen molar-refractivity contribution in [2.45, 2.75) is 203 Å². The number of fused-ring (bicyclic) bond motifs is 1. The molecular weight excluding hydrogens is 643 g/mol. The van der Waals surface area contributed by atoms with E-state index in [9.17, 15) is 4.79 Å². The number of pyridine rings is 1. The third kappa shape index (κ3) is 27.5. The predicted molar refractivity (Wildman–Crippen MR) is 248 cm³/mol. The number of carbonyl (C=O) groups is 1. The largest absolute Gasteiger partial charge is 0.295 e. The molecule has 0 N–H and O–H groups in total. The number of carbonyl (C=O) groups excluding carboxylic acids is 1. The molecule has 2 aromatic rings. The highest BCUT2D eigenvalue weighted by Crippen LogP contribution is 2.37. The molecule has 1 aromatic carbocycles. The summed E-state index contributed by atoms with van der Waals surface area (Å²) >= 11 is 0. The first kappa shape index (κ1) is 59.5. The number of benzene rings is 1. The van der Waals surface area contributed by atoms with Gasteiger partial charge in [-0.3, -0.25) is 9.78 Å². The lowest BCUT2D eigenvalue weighted by molar-refractivity contribution is -0.113. The standard InChI is InChI=1S/C16H22.C15H23N.C8H18.C5H8O.3C2H6.CH4/c1-5-8-13(4)15-9-11-16(12-10-15)14(6-2)7-3;1-10-8-12-9-13(15(3,4)5)6-7-14(12)16-11(10)2;1-4-6-8(3)7-5-2;1-4(2)5(3)6;3*1-2;/h6-7,9-13H,2,5,8H2,1,3-4H3;8,13H,6-7,9H2,1-5H3;8H,4-7H2,1-3H3;1H2,2-3H3;3*1-2H3;1H4/b14-7+;;;;;;;/t13-;;;;;;;/m1......./s1. The quantitative estimate of drug-likeness (QED) is 0.180. The summed E-state index contributed by atoms with van der Waals surface area (Å²) in [6.07, 6.45) is 15.7. The summed E-state index contributed by atoms with van der Waals surface area (Å²) in [6, 6.07) is 11.2. The SMILES string of the molecule is C.C=C(C)C(C)=O.C=C/C(=C\C)c1ccc([C@H](C)CCC)cc1.CC.CC.CC.CCCC(C)CCC.Cc1cc2c(nc1C)CCC(C(C)(C)C)C2. The van der Waals surface area contributed by atoms with E-state index in [1.165, 1.54) is 104 Å². The van der Waals surface area contributed by atoms with Crippen LogP contribution in [0.4, 0.5) is 0 Å². The molecule has 0 radical (unpaired) electrons. The number of rotatable bonds is 10. The third-order valence-electron chi connectivity index (χ3n) is 9.29. The minimum absolute atomic E-state index is 0. The number of nitrogens with zero attached hydrogens (tertiary/aromatic N) is 1. The fourth-order valence-corrected chi connectivity index (χ4v) is 5.76. The van der Waals surface area contributed by atoms with Gasteiger partial charge in [0, 0.05) is 11.4 Å². The van der Waals surface area contributed by atoms with Crippen LogP contribution in [-0.2, 0) is 17.6 Å². The van der Waals surface area contributed by atoms with E-state index in [4.69, 9.17) is 4.98 Å². The number of hydrogen-bond donors (Lipinski definition) is 0. The van der Waals surface area contributed by atoms with Gasteiger partial charge in [-0.2, -0.15) is 0 Å². The zero-order valence-electron chi connectivity index (χ0n) is 38.4. The second-order valence-electron chi connectivity index (χ2n) is 14.6. The van der Waals surface area contributed by atoms with Crippen molar-refractivity contribution in [2.24, 2.45) is 17.3 Å². The maximum absolute atomic E-state index is 10.0. The van der Waals surface area contributed by atoms with Gasteiger partial charge in [0.05, 0.1) is 0 Å². The molecule has 0 bridgehead atoms. The van der Waals surface area contributed by atoms with Gasteiger partial charge in [-0.15, -0.1) is 0 Å². The van der Waals surface area contributed by atoms with Crippen LogP contribution in [0.5, 0.6) is 0 Å². The van der Waals surface area contributed by atoms with Gasteiger partial charge in [0.15, 0.2) is 5.78 Å². The Morgan fingerprint density at radius 3 is 1.70 bits per heavy atom. The molecule has 2 heteroatoms. The van der Waals surface area contributed by atoms with E-state index in [1.807, 2.05) is 54.5 Å². The second-order valence-corrected chi connectivity index (χ2v) is 14.6. The Balaban J connectivity index is -0.000000194. The fraction of sp³-hybridized carbons (Fsp3) is 0.647. The van der Waals surface area contributed by atoms with Gasteiger partial charge in [-0.1, -0.05) is 192 Å². The average molecular weight is 736 g/mol. The smallest absolute Gasteiger partial charge is 0.154 e. The van der Waals surface area contributed by atoms with E-state index >= 15 is 0 Å². The van der Waals surface area contributed by atoms with Crippen LogP contribution in [0.2, 0.25) is 0 Å². The van der Waals surface area contributed by atoms with E-state index in [2.05, 4.69) is 119 Å². The first-order valence-corrected chi connectivity index (χ1v) is 21.1. The highest BCUT2D eigenvalue weighted by molar-refractivity contribution is 5.91. The number of allylic oxidation sites excluding steroid dienone is 4. The summed E-state index contributed by atoms with van der Waals surface area (Å²) in [6.45, 7) is 47.2. The van der Waals surface area contributed by atoms with Gasteiger partial charge in [0.25, 0.3) is 0 Å². The van der Waals surface area contributed by atoms with Crippen molar-refractivity contribution in [3.05, 3.63) is 94.9 Å². The van der Waals surface area contributed by atoms with Crippen molar-refractivity contribution in [3.8, 4) is 0 Å². The Morgan fingerprint density at radius 2 is 1.34 bits per heavy atom. The molecule has 308 valence electrons. The molecule has 53 heavy (non-hydrogen) atoms. The van der Waals surface area contributed by atoms with E-state index < -0.39 is 0 Å². The molecule has 1 heterocycles. The van der Waals surface area contributed by atoms with E-state index in [0.717, 1.165) is 11.8 Å². The van der Waals surface area contributed by atoms with Crippen LogP contribution in [0.15, 0.2) is 61.2 Å². The Hall–Kier alpha value is -2.74. The fourth-order valence-electron chi connectivity index (χ4n) is 5.76. The number of ketones is 1. The lowest BCUT2D eigenvalue weighted by Gasteiger charge is -2.34. The summed E-state index contributed by atoms with van der Waals surface area (Å²) in [5.74, 6) is 2.50. The van der Waals surface area contributed by atoms with Gasteiger partial charge in [-0.05, 0) is 117 Å². The third-order valence-corrected chi connectivity index (χ3v) is 9.29. The summed E-state index contributed by atoms with van der Waals surface area (Å²) in [7, 11) is 0. The topological polar surface area (TPSA) is 30.0 Å². The zero-order valence-corrected chi connectivity index (χ0v) is 38.4. The molecule has 2 nitrogen and oxygen atoms in total. The van der Waals surface area contributed by atoms with Crippen LogP contribution in [0.25, 0.3) is 5.57 Å². The number of aromatic nitrogens is 1. The summed E-state index contributed by atoms with van der Waals surface area (Å²) < 4.78 is 0. The van der Waals surface area contributed by atoms with Crippen LogP contribution in [0.3, 0.4) is 0 Å². The predicted octanol–water partition coefficient (Wildman–Crippen LogP) is 17.1.